The number of piperidine rings is 1. The summed E-state index contributed by atoms with van der Waals surface area (Å²) >= 11 is 0. The van der Waals surface area contributed by atoms with Crippen molar-refractivity contribution in [1.82, 2.24) is 14.5 Å². The van der Waals surface area contributed by atoms with Gasteiger partial charge in [-0.15, -0.1) is 0 Å². The van der Waals surface area contributed by atoms with Crippen molar-refractivity contribution in [2.75, 3.05) is 18.0 Å². The molecular formula is C42H57N5O10. The normalized spacial score (nSPS) is 14.1. The maximum absolute atomic E-state index is 14.2. The van der Waals surface area contributed by atoms with E-state index >= 15 is 0 Å². The number of anilines is 1. The van der Waals surface area contributed by atoms with Crippen molar-refractivity contribution in [3.05, 3.63) is 40.5 Å². The Labute approximate surface area is 335 Å². The Kier molecular flexibility index (Phi) is 12.5. The van der Waals surface area contributed by atoms with Gasteiger partial charge in [0.15, 0.2) is 11.5 Å². The van der Waals surface area contributed by atoms with E-state index in [9.17, 15) is 24.4 Å². The van der Waals surface area contributed by atoms with Crippen molar-refractivity contribution in [2.45, 2.75) is 145 Å². The van der Waals surface area contributed by atoms with Crippen LogP contribution >= 0.6 is 0 Å². The number of amides is 3. The Hall–Kier alpha value is -5.52. The largest absolute Gasteiger partial charge is 0.514 e. The third-order valence-electron chi connectivity index (χ3n) is 8.30. The fourth-order valence-corrected chi connectivity index (χ4v) is 6.06. The topological polar surface area (TPSA) is 172 Å². The van der Waals surface area contributed by atoms with Gasteiger partial charge >= 0.3 is 24.4 Å². The van der Waals surface area contributed by atoms with E-state index in [1.54, 1.807) is 106 Å². The number of nitrogens with zero attached hydrogens (tertiary/aromatic N) is 5. The standard InChI is InChI=1S/C42H57N5O10/c1-24-16-17-30(53-38(51)57-42(13,14)15)26(3)31(24)46-32-28(29(23-43)34(46)47(36(49)55-40(7,8)9)37(50)56-41(10,11)12)22-25(2)33(44-32)52-27-18-20-45(21-19-27)35(48)54-39(4,5)6/h16-17,22,27H,18-21H2,1-15H3. The van der Waals surface area contributed by atoms with Gasteiger partial charge in [0.2, 0.25) is 5.88 Å². The molecule has 310 valence electrons. The number of hydrogen-bond acceptors (Lipinski definition) is 12. The van der Waals surface area contributed by atoms with Gasteiger partial charge in [-0.05, 0) is 122 Å². The first kappa shape index (κ1) is 44.2. The summed E-state index contributed by atoms with van der Waals surface area (Å²) in [5.41, 5.74) is -1.55. The molecular weight excluding hydrogens is 734 g/mol. The van der Waals surface area contributed by atoms with Crippen molar-refractivity contribution in [2.24, 2.45) is 0 Å². The van der Waals surface area contributed by atoms with E-state index < -0.39 is 46.8 Å². The van der Waals surface area contributed by atoms with E-state index in [4.69, 9.17) is 33.4 Å². The number of likely N-dealkylation sites (tertiary alicyclic amines) is 1. The van der Waals surface area contributed by atoms with Crippen LogP contribution in [0.5, 0.6) is 11.6 Å². The molecule has 3 heterocycles. The SMILES string of the molecule is Cc1cc2c(C#N)c(N(C(=O)OC(C)(C)C)C(=O)OC(C)(C)C)n(-c3c(C)ccc(OC(=O)OC(C)(C)C)c3C)c2nc1OC1CCN(C(=O)OC(C)(C)C)CC1. The van der Waals surface area contributed by atoms with Crippen LogP contribution in [0, 0.1) is 32.1 Å². The minimum absolute atomic E-state index is 0.0770. The van der Waals surface area contributed by atoms with Crippen molar-refractivity contribution in [1.29, 1.82) is 5.26 Å². The highest BCUT2D eigenvalue weighted by Gasteiger charge is 2.40. The minimum atomic E-state index is -1.10. The van der Waals surface area contributed by atoms with Crippen LogP contribution < -0.4 is 14.4 Å². The fourth-order valence-electron chi connectivity index (χ4n) is 6.06. The van der Waals surface area contributed by atoms with Crippen LogP contribution in [0.1, 0.15) is 118 Å². The van der Waals surface area contributed by atoms with Crippen molar-refractivity contribution < 1.29 is 47.6 Å². The quantitative estimate of drug-likeness (QED) is 0.136. The predicted molar refractivity (Wildman–Crippen MR) is 213 cm³/mol. The number of hydrogen-bond donors (Lipinski definition) is 0. The van der Waals surface area contributed by atoms with Crippen LogP contribution in [0.25, 0.3) is 16.7 Å². The summed E-state index contributed by atoms with van der Waals surface area (Å²) < 4.78 is 36.2. The average Bonchev–Trinajstić information content (AvgIpc) is 3.31. The second kappa shape index (κ2) is 16.1. The van der Waals surface area contributed by atoms with Gasteiger partial charge in [-0.25, -0.2) is 19.2 Å². The summed E-state index contributed by atoms with van der Waals surface area (Å²) in [7, 11) is 0. The molecule has 1 aliphatic heterocycles. The van der Waals surface area contributed by atoms with Gasteiger partial charge in [0.05, 0.1) is 5.69 Å². The van der Waals surface area contributed by atoms with E-state index in [-0.39, 0.29) is 34.8 Å². The maximum Gasteiger partial charge on any atom is 0.514 e. The molecule has 1 saturated heterocycles. The lowest BCUT2D eigenvalue weighted by molar-refractivity contribution is 0.0120. The second-order valence-electron chi connectivity index (χ2n) is 18.1. The number of benzene rings is 1. The highest BCUT2D eigenvalue weighted by atomic mass is 16.7. The molecule has 15 heteroatoms. The average molecular weight is 792 g/mol. The van der Waals surface area contributed by atoms with Crippen LogP contribution in [-0.4, -0.2) is 80.5 Å². The Morgan fingerprint density at radius 1 is 0.772 bits per heavy atom. The first-order valence-corrected chi connectivity index (χ1v) is 19.0. The number of aryl methyl sites for hydroxylation is 2. The lowest BCUT2D eigenvalue weighted by Crippen LogP contribution is -2.45. The zero-order valence-electron chi connectivity index (χ0n) is 36.0. The molecule has 0 spiro atoms. The summed E-state index contributed by atoms with van der Waals surface area (Å²) in [4.78, 5) is 61.3. The van der Waals surface area contributed by atoms with Gasteiger partial charge in [-0.1, -0.05) is 6.07 Å². The molecule has 4 rings (SSSR count). The third-order valence-corrected chi connectivity index (χ3v) is 8.30. The zero-order chi connectivity index (χ0) is 43.0. The summed E-state index contributed by atoms with van der Waals surface area (Å²) in [6.45, 7) is 26.6. The Morgan fingerprint density at radius 3 is 1.79 bits per heavy atom. The molecule has 3 aromatic rings. The Bertz CT molecular complexity index is 2050. The molecule has 1 fully saturated rings. The number of nitriles is 1. The maximum atomic E-state index is 14.2. The molecule has 1 aromatic carbocycles. The van der Waals surface area contributed by atoms with E-state index in [0.29, 0.717) is 58.6 Å². The molecule has 0 atom stereocenters. The van der Waals surface area contributed by atoms with E-state index in [2.05, 4.69) is 6.07 Å². The lowest BCUT2D eigenvalue weighted by atomic mass is 10.1. The van der Waals surface area contributed by atoms with Crippen LogP contribution in [0.15, 0.2) is 18.2 Å². The molecule has 2 aromatic heterocycles. The number of ether oxygens (including phenoxy) is 6. The van der Waals surface area contributed by atoms with Crippen LogP contribution in [0.3, 0.4) is 0 Å². The van der Waals surface area contributed by atoms with Gasteiger partial charge in [0, 0.05) is 42.4 Å². The van der Waals surface area contributed by atoms with Crippen LogP contribution in [-0.2, 0) is 18.9 Å². The van der Waals surface area contributed by atoms with Crippen molar-refractivity contribution >= 4 is 41.3 Å². The van der Waals surface area contributed by atoms with Crippen molar-refractivity contribution in [3.8, 4) is 23.4 Å². The number of carbonyl (C=O) groups is 4. The molecule has 0 aliphatic carbocycles. The van der Waals surface area contributed by atoms with Crippen LogP contribution in [0.4, 0.5) is 25.0 Å². The summed E-state index contributed by atoms with van der Waals surface area (Å²) in [5.74, 6) is 0.162. The second-order valence-corrected chi connectivity index (χ2v) is 18.1. The number of rotatable bonds is 5. The Morgan fingerprint density at radius 2 is 1.30 bits per heavy atom. The molecule has 0 unspecified atom stereocenters. The smallest absolute Gasteiger partial charge is 0.474 e. The molecule has 0 N–H and O–H groups in total. The predicted octanol–water partition coefficient (Wildman–Crippen LogP) is 9.59. The number of pyridine rings is 1. The zero-order valence-corrected chi connectivity index (χ0v) is 36.0. The number of imide groups is 1. The first-order chi connectivity index (χ1) is 26.1. The van der Waals surface area contributed by atoms with E-state index in [1.165, 1.54) is 4.57 Å². The van der Waals surface area contributed by atoms with Gasteiger partial charge in [0.1, 0.15) is 45.9 Å². The molecule has 0 saturated carbocycles. The molecule has 0 radical (unpaired) electrons. The monoisotopic (exact) mass is 791 g/mol. The molecule has 15 nitrogen and oxygen atoms in total. The number of carbonyl (C=O) groups excluding carboxylic acids is 4. The lowest BCUT2D eigenvalue weighted by Gasteiger charge is -2.33. The van der Waals surface area contributed by atoms with Crippen molar-refractivity contribution in [3.63, 3.8) is 0 Å². The van der Waals surface area contributed by atoms with Crippen LogP contribution in [0.2, 0.25) is 0 Å². The summed E-state index contributed by atoms with van der Waals surface area (Å²) in [6, 6.07) is 7.21. The Balaban J connectivity index is 1.99. The number of aromatic nitrogens is 2. The van der Waals surface area contributed by atoms with Gasteiger partial charge < -0.3 is 33.3 Å². The molecule has 1 aliphatic rings. The highest BCUT2D eigenvalue weighted by molar-refractivity contribution is 6.13. The summed E-state index contributed by atoms with van der Waals surface area (Å²) in [5, 5.41) is 11.2. The molecule has 0 bridgehead atoms. The summed E-state index contributed by atoms with van der Waals surface area (Å²) in [6.07, 6.45) is -2.85. The fraction of sp³-hybridized carbons (Fsp3) is 0.571. The first-order valence-electron chi connectivity index (χ1n) is 19.0. The van der Waals surface area contributed by atoms with E-state index in [1.807, 2.05) is 20.8 Å². The van der Waals surface area contributed by atoms with E-state index in [0.717, 1.165) is 0 Å². The minimum Gasteiger partial charge on any atom is -0.474 e. The van der Waals surface area contributed by atoms with Gasteiger partial charge in [-0.2, -0.15) is 15.1 Å². The number of fused-ring (bicyclic) bond motifs is 1. The third kappa shape index (κ3) is 11.1. The molecule has 3 amide bonds. The molecule has 57 heavy (non-hydrogen) atoms. The highest BCUT2D eigenvalue weighted by Crippen LogP contribution is 2.42. The van der Waals surface area contributed by atoms with Gasteiger partial charge in [0.25, 0.3) is 0 Å². The van der Waals surface area contributed by atoms with Gasteiger partial charge in [-0.3, -0.25) is 4.57 Å².